The van der Waals surface area contributed by atoms with E-state index in [1.54, 1.807) is 0 Å². The van der Waals surface area contributed by atoms with Crippen LogP contribution in [0.2, 0.25) is 13.6 Å². The van der Waals surface area contributed by atoms with Crippen molar-refractivity contribution < 1.29 is 4.74 Å². The third kappa shape index (κ3) is 2.88. The molecular weight excluding hydrogens is 139 g/mol. The van der Waals surface area contributed by atoms with Crippen LogP contribution in [0.25, 0.3) is 0 Å². The van der Waals surface area contributed by atoms with E-state index in [2.05, 4.69) is 13.6 Å². The number of hydrogen-bond acceptors (Lipinski definition) is 1. The summed E-state index contributed by atoms with van der Waals surface area (Å²) in [4.78, 5) is 0. The van der Waals surface area contributed by atoms with Crippen LogP contribution in [0.1, 0.15) is 19.3 Å². The van der Waals surface area contributed by atoms with Crippen LogP contribution >= 0.6 is 0 Å². The average Bonchev–Trinajstić information content (AvgIpc) is 1.88. The van der Waals surface area contributed by atoms with Crippen molar-refractivity contribution in [3.8, 4) is 0 Å². The second kappa shape index (κ2) is 4.19. The minimum Gasteiger partial charge on any atom is -0.383 e. The van der Waals surface area contributed by atoms with E-state index in [4.69, 9.17) is 4.74 Å². The Labute approximate surface area is 66.4 Å². The standard InChI is InChI=1S/C7H17BOSi/c1-8(2)10-7-5-3-4-6-9-7/h7H,3-6,10H2,1-2H3. The second-order valence-corrected chi connectivity index (χ2v) is 6.63. The summed E-state index contributed by atoms with van der Waals surface area (Å²) in [5.41, 5.74) is 0.716. The molecule has 0 aliphatic carbocycles. The van der Waals surface area contributed by atoms with Crippen LogP contribution in [0.4, 0.5) is 0 Å². The van der Waals surface area contributed by atoms with Crippen molar-refractivity contribution in [3.05, 3.63) is 0 Å². The largest absolute Gasteiger partial charge is 0.383 e. The van der Waals surface area contributed by atoms with Crippen LogP contribution in [0, 0.1) is 0 Å². The van der Waals surface area contributed by atoms with Crippen LogP contribution in [-0.2, 0) is 4.74 Å². The molecule has 0 saturated carbocycles. The van der Waals surface area contributed by atoms with Crippen LogP contribution < -0.4 is 0 Å². The van der Waals surface area contributed by atoms with Crippen molar-refractivity contribution in [3.63, 3.8) is 0 Å². The molecular formula is C7H17BOSi. The van der Waals surface area contributed by atoms with Crippen LogP contribution in [-0.4, -0.2) is 28.0 Å². The lowest BCUT2D eigenvalue weighted by Gasteiger charge is -2.22. The quantitative estimate of drug-likeness (QED) is 0.540. The average molecular weight is 156 g/mol. The van der Waals surface area contributed by atoms with Gasteiger partial charge in [-0.25, -0.2) is 0 Å². The summed E-state index contributed by atoms with van der Waals surface area (Å²) in [5.74, 6) is 0. The van der Waals surface area contributed by atoms with Gasteiger partial charge in [0.2, 0.25) is 0 Å². The second-order valence-electron chi connectivity index (χ2n) is 3.62. The molecule has 0 aromatic carbocycles. The van der Waals surface area contributed by atoms with Gasteiger partial charge in [0, 0.05) is 21.7 Å². The van der Waals surface area contributed by atoms with Gasteiger partial charge in [0.05, 0.1) is 0 Å². The van der Waals surface area contributed by atoms with Gasteiger partial charge in [-0.15, -0.1) is 0 Å². The van der Waals surface area contributed by atoms with Gasteiger partial charge in [-0.1, -0.05) is 13.6 Å². The maximum Gasteiger partial charge on any atom is 0.123 e. The molecule has 1 heterocycles. The fraction of sp³-hybridized carbons (Fsp3) is 1.00. The Morgan fingerprint density at radius 3 is 2.70 bits per heavy atom. The molecule has 0 radical (unpaired) electrons. The molecule has 1 aliphatic heterocycles. The minimum absolute atomic E-state index is 0.0781. The van der Waals surface area contributed by atoms with Crippen molar-refractivity contribution in [1.29, 1.82) is 0 Å². The first-order chi connectivity index (χ1) is 4.79. The molecule has 0 aromatic rings. The molecule has 0 aromatic heterocycles. The van der Waals surface area contributed by atoms with Crippen LogP contribution in [0.3, 0.4) is 0 Å². The van der Waals surface area contributed by atoms with Crippen molar-refractivity contribution >= 4 is 15.7 Å². The van der Waals surface area contributed by atoms with E-state index in [0.717, 1.165) is 12.9 Å². The fourth-order valence-corrected chi connectivity index (χ4v) is 3.40. The van der Waals surface area contributed by atoms with Crippen molar-refractivity contribution in [2.45, 2.75) is 38.6 Å². The summed E-state index contributed by atoms with van der Waals surface area (Å²) in [7, 11) is 0.0781. The van der Waals surface area contributed by atoms with Gasteiger partial charge in [0.25, 0.3) is 0 Å². The highest BCUT2D eigenvalue weighted by Crippen LogP contribution is 2.11. The summed E-state index contributed by atoms with van der Waals surface area (Å²) in [6.07, 6.45) is 4.99. The molecule has 0 N–H and O–H groups in total. The summed E-state index contributed by atoms with van der Waals surface area (Å²) >= 11 is 0. The van der Waals surface area contributed by atoms with Crippen LogP contribution in [0.15, 0.2) is 0 Å². The maximum absolute atomic E-state index is 5.65. The number of ether oxygens (including phenoxy) is 1. The molecule has 1 atom stereocenters. The molecule has 0 bridgehead atoms. The molecule has 1 rings (SSSR count). The minimum atomic E-state index is 0.0781. The topological polar surface area (TPSA) is 9.23 Å². The molecule has 0 spiro atoms. The Hall–Kier alpha value is 0.242. The predicted molar refractivity (Wildman–Crippen MR) is 49.6 cm³/mol. The highest BCUT2D eigenvalue weighted by molar-refractivity contribution is 7.11. The lowest BCUT2D eigenvalue weighted by atomic mass is 9.84. The molecule has 10 heavy (non-hydrogen) atoms. The third-order valence-electron chi connectivity index (χ3n) is 2.01. The molecule has 0 amide bonds. The van der Waals surface area contributed by atoms with E-state index in [0.29, 0.717) is 5.73 Å². The highest BCUT2D eigenvalue weighted by Gasteiger charge is 2.16. The van der Waals surface area contributed by atoms with Gasteiger partial charge in [0.1, 0.15) is 6.31 Å². The van der Waals surface area contributed by atoms with E-state index in [1.807, 2.05) is 0 Å². The van der Waals surface area contributed by atoms with Gasteiger partial charge in [-0.2, -0.15) is 0 Å². The first kappa shape index (κ1) is 8.34. The Morgan fingerprint density at radius 1 is 1.40 bits per heavy atom. The lowest BCUT2D eigenvalue weighted by Crippen LogP contribution is -2.32. The molecule has 1 nitrogen and oxygen atoms in total. The third-order valence-corrected chi connectivity index (χ3v) is 4.12. The van der Waals surface area contributed by atoms with E-state index in [-0.39, 0.29) is 9.39 Å². The van der Waals surface area contributed by atoms with Gasteiger partial charge in [-0.05, 0) is 19.3 Å². The zero-order valence-corrected chi connectivity index (χ0v) is 8.51. The first-order valence-electron chi connectivity index (χ1n) is 4.40. The fourth-order valence-electron chi connectivity index (χ4n) is 1.52. The molecule has 1 saturated heterocycles. The molecule has 1 aliphatic rings. The molecule has 1 fully saturated rings. The lowest BCUT2D eigenvalue weighted by molar-refractivity contribution is 0.0665. The summed E-state index contributed by atoms with van der Waals surface area (Å²) in [6.45, 7) is 5.68. The summed E-state index contributed by atoms with van der Waals surface area (Å²) in [5, 5.41) is 0. The number of hydrogen-bond donors (Lipinski definition) is 0. The Balaban J connectivity index is 2.13. The van der Waals surface area contributed by atoms with Gasteiger partial charge in [0.15, 0.2) is 0 Å². The van der Waals surface area contributed by atoms with E-state index in [9.17, 15) is 0 Å². The monoisotopic (exact) mass is 156 g/mol. The smallest absolute Gasteiger partial charge is 0.123 e. The van der Waals surface area contributed by atoms with Crippen molar-refractivity contribution in [1.82, 2.24) is 0 Å². The highest BCUT2D eigenvalue weighted by atomic mass is 28.2. The summed E-state index contributed by atoms with van der Waals surface area (Å²) in [6, 6.07) is 0. The van der Waals surface area contributed by atoms with Gasteiger partial charge in [-0.3, -0.25) is 0 Å². The Morgan fingerprint density at radius 2 is 2.20 bits per heavy atom. The maximum atomic E-state index is 5.65. The zero-order valence-electron chi connectivity index (χ0n) is 7.10. The van der Waals surface area contributed by atoms with E-state index in [1.165, 1.54) is 19.3 Å². The normalized spacial score (nSPS) is 27.6. The first-order valence-corrected chi connectivity index (χ1v) is 6.04. The Kier molecular flexibility index (Phi) is 3.49. The van der Waals surface area contributed by atoms with Gasteiger partial charge < -0.3 is 4.74 Å². The van der Waals surface area contributed by atoms with Gasteiger partial charge >= 0.3 is 0 Å². The van der Waals surface area contributed by atoms with Crippen molar-refractivity contribution in [2.24, 2.45) is 0 Å². The molecule has 1 unspecified atom stereocenters. The predicted octanol–water partition coefficient (Wildman–Crippen LogP) is 0.933. The zero-order chi connectivity index (χ0) is 7.40. The van der Waals surface area contributed by atoms with E-state index < -0.39 is 0 Å². The van der Waals surface area contributed by atoms with Crippen molar-refractivity contribution in [2.75, 3.05) is 6.61 Å². The molecule has 58 valence electrons. The van der Waals surface area contributed by atoms with E-state index >= 15 is 0 Å². The Bertz CT molecular complexity index is 91.6. The number of rotatable bonds is 2. The summed E-state index contributed by atoms with van der Waals surface area (Å²) < 4.78 is 5.65. The SMILES string of the molecule is CB(C)[SiH2]C1CCCCO1. The molecule has 3 heteroatoms. The van der Waals surface area contributed by atoms with Crippen LogP contribution in [0.5, 0.6) is 0 Å².